The number of nitrogens with one attached hydrogen (secondary N) is 2. The molecule has 0 aliphatic rings. The molecule has 4 rings (SSSR count). The smallest absolute Gasteiger partial charge is 0.251 e. The number of imidazole rings is 1. The fourth-order valence-corrected chi connectivity index (χ4v) is 3.21. The molecule has 0 saturated heterocycles. The number of aromatic nitrogens is 4. The number of benzene rings is 2. The molecule has 0 spiro atoms. The molecular weight excluding hydrogens is 428 g/mol. The van der Waals surface area contributed by atoms with Gasteiger partial charge < -0.3 is 15.2 Å². The van der Waals surface area contributed by atoms with Gasteiger partial charge in [-0.15, -0.1) is 0 Å². The second-order valence-electron chi connectivity index (χ2n) is 7.13. The SMILES string of the molecule is O=C(CCn1ccnc1)Nc1cccc(C(=O)NCc2cnn(-c3ccc(Cl)cc3)c2)c1. The first kappa shape index (κ1) is 21.3. The summed E-state index contributed by atoms with van der Waals surface area (Å²) in [5.74, 6) is -0.371. The van der Waals surface area contributed by atoms with Crippen molar-refractivity contribution in [3.05, 3.63) is 95.8 Å². The van der Waals surface area contributed by atoms with E-state index in [1.54, 1.807) is 66.0 Å². The number of hydrogen-bond acceptors (Lipinski definition) is 4. The van der Waals surface area contributed by atoms with Crippen LogP contribution in [0, 0.1) is 0 Å². The van der Waals surface area contributed by atoms with E-state index < -0.39 is 0 Å². The first-order valence-electron chi connectivity index (χ1n) is 10.0. The van der Waals surface area contributed by atoms with E-state index in [4.69, 9.17) is 11.6 Å². The zero-order valence-corrected chi connectivity index (χ0v) is 17.9. The Hall–Kier alpha value is -3.91. The molecule has 0 saturated carbocycles. The van der Waals surface area contributed by atoms with Crippen LogP contribution in [0.15, 0.2) is 79.6 Å². The Morgan fingerprint density at radius 1 is 1.09 bits per heavy atom. The number of halogens is 1. The van der Waals surface area contributed by atoms with Crippen LogP contribution in [0.2, 0.25) is 5.02 Å². The summed E-state index contributed by atoms with van der Waals surface area (Å²) < 4.78 is 3.55. The zero-order chi connectivity index (χ0) is 22.3. The van der Waals surface area contributed by atoms with Gasteiger partial charge in [-0.05, 0) is 42.5 Å². The molecule has 0 aliphatic carbocycles. The molecule has 0 radical (unpaired) electrons. The van der Waals surface area contributed by atoms with Gasteiger partial charge in [0.05, 0.1) is 18.2 Å². The lowest BCUT2D eigenvalue weighted by Gasteiger charge is -2.08. The van der Waals surface area contributed by atoms with Crippen molar-refractivity contribution in [1.82, 2.24) is 24.6 Å². The van der Waals surface area contributed by atoms with Crippen molar-refractivity contribution in [2.45, 2.75) is 19.5 Å². The first-order chi connectivity index (χ1) is 15.6. The van der Waals surface area contributed by atoms with Gasteiger partial charge in [0.15, 0.2) is 0 Å². The van der Waals surface area contributed by atoms with Gasteiger partial charge in [0, 0.05) is 59.9 Å². The van der Waals surface area contributed by atoms with E-state index in [1.807, 2.05) is 22.9 Å². The summed E-state index contributed by atoms with van der Waals surface area (Å²) in [5, 5.41) is 10.7. The van der Waals surface area contributed by atoms with E-state index >= 15 is 0 Å². The van der Waals surface area contributed by atoms with Crippen LogP contribution < -0.4 is 10.6 Å². The maximum atomic E-state index is 12.6. The molecule has 9 heteroatoms. The van der Waals surface area contributed by atoms with Crippen molar-refractivity contribution in [2.75, 3.05) is 5.32 Å². The van der Waals surface area contributed by atoms with E-state index in [-0.39, 0.29) is 11.8 Å². The molecule has 0 fully saturated rings. The molecule has 162 valence electrons. The highest BCUT2D eigenvalue weighted by atomic mass is 35.5. The van der Waals surface area contributed by atoms with Crippen LogP contribution in [0.3, 0.4) is 0 Å². The lowest BCUT2D eigenvalue weighted by atomic mass is 10.2. The van der Waals surface area contributed by atoms with E-state index in [2.05, 4.69) is 20.7 Å². The molecule has 0 aliphatic heterocycles. The third kappa shape index (κ3) is 5.61. The third-order valence-electron chi connectivity index (χ3n) is 4.75. The van der Waals surface area contributed by atoms with Gasteiger partial charge in [0.2, 0.25) is 5.91 Å². The summed E-state index contributed by atoms with van der Waals surface area (Å²) in [6.07, 6.45) is 8.99. The average molecular weight is 449 g/mol. The van der Waals surface area contributed by atoms with Gasteiger partial charge in [0.25, 0.3) is 5.91 Å². The summed E-state index contributed by atoms with van der Waals surface area (Å²) in [6.45, 7) is 0.865. The van der Waals surface area contributed by atoms with Crippen LogP contribution in [0.1, 0.15) is 22.3 Å². The predicted octanol–water partition coefficient (Wildman–Crippen LogP) is 3.68. The van der Waals surface area contributed by atoms with E-state index in [0.29, 0.717) is 35.8 Å². The minimum atomic E-state index is -0.237. The molecule has 2 heterocycles. The van der Waals surface area contributed by atoms with Crippen molar-refractivity contribution in [3.63, 3.8) is 0 Å². The van der Waals surface area contributed by atoms with Crippen molar-refractivity contribution in [3.8, 4) is 5.69 Å². The summed E-state index contributed by atoms with van der Waals surface area (Å²) >= 11 is 5.92. The summed E-state index contributed by atoms with van der Waals surface area (Å²) in [5.41, 5.74) is 2.77. The zero-order valence-electron chi connectivity index (χ0n) is 17.1. The molecule has 32 heavy (non-hydrogen) atoms. The topological polar surface area (TPSA) is 93.8 Å². The Morgan fingerprint density at radius 3 is 2.72 bits per heavy atom. The lowest BCUT2D eigenvalue weighted by Crippen LogP contribution is -2.23. The highest BCUT2D eigenvalue weighted by Crippen LogP contribution is 2.14. The van der Waals surface area contributed by atoms with Crippen LogP contribution in [0.4, 0.5) is 5.69 Å². The molecule has 8 nitrogen and oxygen atoms in total. The largest absolute Gasteiger partial charge is 0.348 e. The van der Waals surface area contributed by atoms with Crippen molar-refractivity contribution < 1.29 is 9.59 Å². The number of aryl methyl sites for hydroxylation is 1. The average Bonchev–Trinajstić information content (AvgIpc) is 3.49. The molecule has 2 amide bonds. The highest BCUT2D eigenvalue weighted by Gasteiger charge is 2.09. The number of carbonyl (C=O) groups is 2. The Kier molecular flexibility index (Phi) is 6.62. The van der Waals surface area contributed by atoms with Crippen molar-refractivity contribution in [2.24, 2.45) is 0 Å². The number of rotatable bonds is 8. The molecule has 2 aromatic heterocycles. The summed E-state index contributed by atoms with van der Waals surface area (Å²) in [6, 6.07) is 14.2. The maximum Gasteiger partial charge on any atom is 0.251 e. The Labute approximate surface area is 189 Å². The fourth-order valence-electron chi connectivity index (χ4n) is 3.08. The standard InChI is InChI=1S/C23H21ClN6O2/c24-19-4-6-21(7-5-19)30-15-17(14-27-30)13-26-23(32)18-2-1-3-20(12-18)28-22(31)8-10-29-11-9-25-16-29/h1-7,9,11-12,14-16H,8,10,13H2,(H,26,32)(H,28,31). The molecule has 2 aromatic carbocycles. The highest BCUT2D eigenvalue weighted by molar-refractivity contribution is 6.30. The first-order valence-corrected chi connectivity index (χ1v) is 10.4. The Bertz CT molecular complexity index is 1200. The van der Waals surface area contributed by atoms with Gasteiger partial charge in [-0.25, -0.2) is 9.67 Å². The number of amides is 2. The molecule has 2 N–H and O–H groups in total. The Morgan fingerprint density at radius 2 is 1.94 bits per heavy atom. The number of carbonyl (C=O) groups excluding carboxylic acids is 2. The lowest BCUT2D eigenvalue weighted by molar-refractivity contribution is -0.116. The monoisotopic (exact) mass is 448 g/mol. The van der Waals surface area contributed by atoms with Crippen LogP contribution in [-0.4, -0.2) is 31.1 Å². The van der Waals surface area contributed by atoms with Gasteiger partial charge in [-0.3, -0.25) is 9.59 Å². The van der Waals surface area contributed by atoms with Crippen LogP contribution in [-0.2, 0) is 17.9 Å². The maximum absolute atomic E-state index is 12.6. The Balaban J connectivity index is 1.31. The quantitative estimate of drug-likeness (QED) is 0.430. The molecule has 0 unspecified atom stereocenters. The van der Waals surface area contributed by atoms with Crippen LogP contribution in [0.5, 0.6) is 0 Å². The van der Waals surface area contributed by atoms with E-state index in [1.165, 1.54) is 0 Å². The predicted molar refractivity (Wildman–Crippen MR) is 122 cm³/mol. The molecular formula is C23H21ClN6O2. The van der Waals surface area contributed by atoms with Gasteiger partial charge in [0.1, 0.15) is 0 Å². The minimum absolute atomic E-state index is 0.133. The third-order valence-corrected chi connectivity index (χ3v) is 5.00. The normalized spacial score (nSPS) is 10.7. The van der Waals surface area contributed by atoms with Gasteiger partial charge in [-0.2, -0.15) is 5.10 Å². The minimum Gasteiger partial charge on any atom is -0.348 e. The van der Waals surface area contributed by atoms with Crippen molar-refractivity contribution in [1.29, 1.82) is 0 Å². The number of anilines is 1. The molecule has 0 bridgehead atoms. The van der Waals surface area contributed by atoms with E-state index in [0.717, 1.165) is 11.3 Å². The fraction of sp³-hybridized carbons (Fsp3) is 0.130. The van der Waals surface area contributed by atoms with E-state index in [9.17, 15) is 9.59 Å². The van der Waals surface area contributed by atoms with Crippen molar-refractivity contribution >= 4 is 29.1 Å². The van der Waals surface area contributed by atoms with Crippen LogP contribution >= 0.6 is 11.6 Å². The summed E-state index contributed by atoms with van der Waals surface area (Å²) in [4.78, 5) is 28.7. The van der Waals surface area contributed by atoms with Crippen LogP contribution in [0.25, 0.3) is 5.69 Å². The second-order valence-corrected chi connectivity index (χ2v) is 7.57. The van der Waals surface area contributed by atoms with Gasteiger partial charge in [-0.1, -0.05) is 17.7 Å². The molecule has 4 aromatic rings. The number of nitrogens with zero attached hydrogens (tertiary/aromatic N) is 4. The number of hydrogen-bond donors (Lipinski definition) is 2. The summed E-state index contributed by atoms with van der Waals surface area (Å²) in [7, 11) is 0. The molecule has 0 atom stereocenters. The van der Waals surface area contributed by atoms with Gasteiger partial charge >= 0.3 is 0 Å². The second kappa shape index (κ2) is 9.93.